The molecule has 0 spiro atoms. The van der Waals surface area contributed by atoms with Gasteiger partial charge in [0.15, 0.2) is 5.13 Å². The van der Waals surface area contributed by atoms with E-state index in [0.717, 1.165) is 18.1 Å². The number of carbonyl (C=O) groups is 1. The molecule has 1 saturated heterocycles. The second-order valence-corrected chi connectivity index (χ2v) is 3.96. The average molecular weight is 198 g/mol. The second kappa shape index (κ2) is 3.33. The summed E-state index contributed by atoms with van der Waals surface area (Å²) in [7, 11) is 0. The zero-order chi connectivity index (χ0) is 9.26. The fourth-order valence-corrected chi connectivity index (χ4v) is 2.19. The molecular formula is C8H10N2O2S. The topological polar surface area (TPSA) is 53.4 Å². The van der Waals surface area contributed by atoms with Crippen molar-refractivity contribution in [2.75, 3.05) is 18.0 Å². The van der Waals surface area contributed by atoms with Crippen LogP contribution in [0.4, 0.5) is 5.13 Å². The molecule has 5 heteroatoms. The van der Waals surface area contributed by atoms with Crippen LogP contribution in [0.25, 0.3) is 0 Å². The van der Waals surface area contributed by atoms with Crippen LogP contribution >= 0.6 is 11.3 Å². The van der Waals surface area contributed by atoms with Crippen LogP contribution in [-0.4, -0.2) is 29.1 Å². The van der Waals surface area contributed by atoms with Crippen molar-refractivity contribution in [2.45, 2.75) is 6.42 Å². The number of hydrogen-bond donors (Lipinski definition) is 1. The van der Waals surface area contributed by atoms with Gasteiger partial charge < -0.3 is 10.0 Å². The molecule has 70 valence electrons. The number of aliphatic carboxylic acids is 1. The largest absolute Gasteiger partial charge is 0.481 e. The van der Waals surface area contributed by atoms with E-state index in [1.54, 1.807) is 17.5 Å². The van der Waals surface area contributed by atoms with Gasteiger partial charge in [0.1, 0.15) is 0 Å². The SMILES string of the molecule is O=C(O)C1CCN(c2nccs2)C1. The van der Waals surface area contributed by atoms with E-state index in [9.17, 15) is 4.79 Å². The molecule has 1 aromatic rings. The molecule has 0 aliphatic carbocycles. The van der Waals surface area contributed by atoms with Crippen LogP contribution in [0, 0.1) is 5.92 Å². The Bertz CT molecular complexity index is 299. The monoisotopic (exact) mass is 198 g/mol. The minimum Gasteiger partial charge on any atom is -0.481 e. The number of rotatable bonds is 2. The van der Waals surface area contributed by atoms with E-state index in [0.29, 0.717) is 6.54 Å². The van der Waals surface area contributed by atoms with Gasteiger partial charge in [-0.05, 0) is 6.42 Å². The van der Waals surface area contributed by atoms with E-state index in [2.05, 4.69) is 4.98 Å². The number of hydrogen-bond acceptors (Lipinski definition) is 4. The van der Waals surface area contributed by atoms with Gasteiger partial charge in [-0.15, -0.1) is 11.3 Å². The predicted octanol–water partition coefficient (Wildman–Crippen LogP) is 1.05. The normalized spacial score (nSPS) is 22.2. The number of aromatic nitrogens is 1. The summed E-state index contributed by atoms with van der Waals surface area (Å²) in [4.78, 5) is 16.8. The van der Waals surface area contributed by atoms with E-state index < -0.39 is 5.97 Å². The van der Waals surface area contributed by atoms with Crippen LogP contribution < -0.4 is 4.90 Å². The molecule has 0 radical (unpaired) electrons. The molecule has 1 N–H and O–H groups in total. The lowest BCUT2D eigenvalue weighted by Crippen LogP contribution is -2.22. The maximum Gasteiger partial charge on any atom is 0.308 e. The number of anilines is 1. The first-order valence-electron chi connectivity index (χ1n) is 4.14. The van der Waals surface area contributed by atoms with Crippen molar-refractivity contribution in [3.05, 3.63) is 11.6 Å². The molecule has 2 rings (SSSR count). The van der Waals surface area contributed by atoms with Crippen LogP contribution in [0.5, 0.6) is 0 Å². The Morgan fingerprint density at radius 1 is 1.77 bits per heavy atom. The van der Waals surface area contributed by atoms with Crippen molar-refractivity contribution < 1.29 is 9.90 Å². The van der Waals surface area contributed by atoms with Crippen LogP contribution in [0.3, 0.4) is 0 Å². The molecule has 1 aliphatic heterocycles. The quantitative estimate of drug-likeness (QED) is 0.771. The molecule has 0 aromatic carbocycles. The number of carboxylic acid groups (broad SMARTS) is 1. The summed E-state index contributed by atoms with van der Waals surface area (Å²) in [5.74, 6) is -0.914. The Hall–Kier alpha value is -1.10. The summed E-state index contributed by atoms with van der Waals surface area (Å²) in [5, 5.41) is 11.6. The van der Waals surface area contributed by atoms with Gasteiger partial charge in [-0.25, -0.2) is 4.98 Å². The smallest absolute Gasteiger partial charge is 0.308 e. The van der Waals surface area contributed by atoms with Crippen molar-refractivity contribution in [1.82, 2.24) is 4.98 Å². The van der Waals surface area contributed by atoms with Crippen molar-refractivity contribution in [1.29, 1.82) is 0 Å². The van der Waals surface area contributed by atoms with E-state index in [1.807, 2.05) is 10.3 Å². The zero-order valence-corrected chi connectivity index (χ0v) is 7.83. The van der Waals surface area contributed by atoms with Gasteiger partial charge in [-0.2, -0.15) is 0 Å². The Labute approximate surface area is 79.8 Å². The molecule has 1 aliphatic rings. The highest BCUT2D eigenvalue weighted by molar-refractivity contribution is 7.13. The predicted molar refractivity (Wildman–Crippen MR) is 50.1 cm³/mol. The minimum absolute atomic E-state index is 0.219. The van der Waals surface area contributed by atoms with Gasteiger partial charge in [-0.3, -0.25) is 4.79 Å². The summed E-state index contributed by atoms with van der Waals surface area (Å²) in [6.07, 6.45) is 2.48. The first kappa shape index (κ1) is 8.50. The third-order valence-electron chi connectivity index (χ3n) is 2.23. The molecule has 4 nitrogen and oxygen atoms in total. The van der Waals surface area contributed by atoms with Crippen molar-refractivity contribution in [2.24, 2.45) is 5.92 Å². The molecule has 2 heterocycles. The van der Waals surface area contributed by atoms with Gasteiger partial charge >= 0.3 is 5.97 Å². The molecule has 1 atom stereocenters. The molecular weight excluding hydrogens is 188 g/mol. The molecule has 1 unspecified atom stereocenters. The maximum atomic E-state index is 10.7. The van der Waals surface area contributed by atoms with Gasteiger partial charge in [-0.1, -0.05) is 0 Å². The second-order valence-electron chi connectivity index (χ2n) is 3.08. The Morgan fingerprint density at radius 3 is 3.15 bits per heavy atom. The van der Waals surface area contributed by atoms with Gasteiger partial charge in [0, 0.05) is 24.7 Å². The first-order chi connectivity index (χ1) is 6.27. The van der Waals surface area contributed by atoms with Gasteiger partial charge in [0.25, 0.3) is 0 Å². The summed E-state index contributed by atoms with van der Waals surface area (Å²) >= 11 is 1.56. The minimum atomic E-state index is -0.695. The van der Waals surface area contributed by atoms with Crippen LogP contribution in [-0.2, 0) is 4.79 Å². The third kappa shape index (κ3) is 1.65. The van der Waals surface area contributed by atoms with E-state index >= 15 is 0 Å². The molecule has 1 fully saturated rings. The number of nitrogens with zero attached hydrogens (tertiary/aromatic N) is 2. The highest BCUT2D eigenvalue weighted by Gasteiger charge is 2.28. The maximum absolute atomic E-state index is 10.7. The molecule has 0 bridgehead atoms. The van der Waals surface area contributed by atoms with Crippen LogP contribution in [0.1, 0.15) is 6.42 Å². The van der Waals surface area contributed by atoms with Crippen molar-refractivity contribution in [3.63, 3.8) is 0 Å². The fraction of sp³-hybridized carbons (Fsp3) is 0.500. The molecule has 1 aromatic heterocycles. The summed E-state index contributed by atoms with van der Waals surface area (Å²) in [6.45, 7) is 1.41. The lowest BCUT2D eigenvalue weighted by atomic mass is 10.1. The Kier molecular flexibility index (Phi) is 2.18. The Morgan fingerprint density at radius 2 is 2.62 bits per heavy atom. The fourth-order valence-electron chi connectivity index (χ4n) is 1.51. The highest BCUT2D eigenvalue weighted by atomic mass is 32.1. The lowest BCUT2D eigenvalue weighted by Gasteiger charge is -2.12. The van der Waals surface area contributed by atoms with Gasteiger partial charge in [0.2, 0.25) is 0 Å². The van der Waals surface area contributed by atoms with E-state index in [4.69, 9.17) is 5.11 Å². The number of carboxylic acids is 1. The van der Waals surface area contributed by atoms with E-state index in [-0.39, 0.29) is 5.92 Å². The summed E-state index contributed by atoms with van der Waals surface area (Å²) < 4.78 is 0. The first-order valence-corrected chi connectivity index (χ1v) is 5.02. The average Bonchev–Trinajstić information content (AvgIpc) is 2.75. The van der Waals surface area contributed by atoms with Crippen LogP contribution in [0.2, 0.25) is 0 Å². The zero-order valence-electron chi connectivity index (χ0n) is 7.01. The molecule has 0 amide bonds. The summed E-state index contributed by atoms with van der Waals surface area (Å²) in [6, 6.07) is 0. The summed E-state index contributed by atoms with van der Waals surface area (Å²) in [5.41, 5.74) is 0. The third-order valence-corrected chi connectivity index (χ3v) is 3.06. The molecule has 13 heavy (non-hydrogen) atoms. The Balaban J connectivity index is 2.03. The highest BCUT2D eigenvalue weighted by Crippen LogP contribution is 2.25. The van der Waals surface area contributed by atoms with Crippen molar-refractivity contribution >= 4 is 22.4 Å². The number of thiazole rings is 1. The van der Waals surface area contributed by atoms with Crippen molar-refractivity contribution in [3.8, 4) is 0 Å². The van der Waals surface area contributed by atoms with Crippen LogP contribution in [0.15, 0.2) is 11.6 Å². The van der Waals surface area contributed by atoms with Gasteiger partial charge in [0.05, 0.1) is 5.92 Å². The molecule has 0 saturated carbocycles. The standard InChI is InChI=1S/C8H10N2O2S/c11-7(12)6-1-3-10(5-6)8-9-2-4-13-8/h2,4,6H,1,3,5H2,(H,11,12). The van der Waals surface area contributed by atoms with E-state index in [1.165, 1.54) is 0 Å². The lowest BCUT2D eigenvalue weighted by molar-refractivity contribution is -0.140.